The lowest BCUT2D eigenvalue weighted by Gasteiger charge is -2.15. The molecule has 2 N–H and O–H groups in total. The summed E-state index contributed by atoms with van der Waals surface area (Å²) in [5.41, 5.74) is 6.64. The summed E-state index contributed by atoms with van der Waals surface area (Å²) >= 11 is 12.0. The van der Waals surface area contributed by atoms with Gasteiger partial charge in [-0.1, -0.05) is 41.4 Å². The maximum atomic E-state index is 13.6. The van der Waals surface area contributed by atoms with Crippen molar-refractivity contribution < 1.29 is 8.78 Å². The number of benzene rings is 2. The molecule has 0 aliphatic rings. The Morgan fingerprint density at radius 3 is 2.21 bits per heavy atom. The average molecular weight is 302 g/mol. The predicted molar refractivity (Wildman–Crippen MR) is 73.5 cm³/mol. The first-order chi connectivity index (χ1) is 9.00. The van der Waals surface area contributed by atoms with Crippen LogP contribution in [0.25, 0.3) is 0 Å². The molecule has 0 aliphatic heterocycles. The second-order valence-corrected chi connectivity index (χ2v) is 4.97. The zero-order valence-corrected chi connectivity index (χ0v) is 11.3. The molecule has 0 aromatic heterocycles. The van der Waals surface area contributed by atoms with Crippen molar-refractivity contribution in [3.8, 4) is 0 Å². The van der Waals surface area contributed by atoms with Crippen molar-refractivity contribution in [1.82, 2.24) is 0 Å². The largest absolute Gasteiger partial charge is 0.324 e. The highest BCUT2D eigenvalue weighted by molar-refractivity contribution is 6.36. The molecule has 1 atom stereocenters. The minimum absolute atomic E-state index is 0.107. The first-order valence-electron chi connectivity index (χ1n) is 5.63. The standard InChI is InChI=1S/C14H11Cl2F2N/c15-10-4-2-5-11(16)9(10)7-13(19)8-3-1-6-12(17)14(8)18/h1-6,13H,7,19H2. The summed E-state index contributed by atoms with van der Waals surface area (Å²) in [5.74, 6) is -1.85. The minimum Gasteiger partial charge on any atom is -0.324 e. The molecule has 0 heterocycles. The zero-order chi connectivity index (χ0) is 14.0. The molecule has 2 rings (SSSR count). The van der Waals surface area contributed by atoms with Gasteiger partial charge in [0.05, 0.1) is 0 Å². The molecule has 1 nitrogen and oxygen atoms in total. The topological polar surface area (TPSA) is 26.0 Å². The van der Waals surface area contributed by atoms with E-state index < -0.39 is 17.7 Å². The van der Waals surface area contributed by atoms with E-state index in [1.54, 1.807) is 18.2 Å². The average Bonchev–Trinajstić information content (AvgIpc) is 2.37. The van der Waals surface area contributed by atoms with E-state index in [4.69, 9.17) is 28.9 Å². The fourth-order valence-corrected chi connectivity index (χ4v) is 2.42. The number of nitrogens with two attached hydrogens (primary N) is 1. The Morgan fingerprint density at radius 2 is 1.58 bits per heavy atom. The number of hydrogen-bond donors (Lipinski definition) is 1. The van der Waals surface area contributed by atoms with Crippen LogP contribution in [0.3, 0.4) is 0 Å². The summed E-state index contributed by atoms with van der Waals surface area (Å²) in [4.78, 5) is 0. The third-order valence-corrected chi connectivity index (χ3v) is 3.57. The molecule has 19 heavy (non-hydrogen) atoms. The van der Waals surface area contributed by atoms with Gasteiger partial charge >= 0.3 is 0 Å². The number of hydrogen-bond acceptors (Lipinski definition) is 1. The van der Waals surface area contributed by atoms with E-state index >= 15 is 0 Å². The molecule has 0 radical (unpaired) electrons. The number of halogens is 4. The molecule has 0 spiro atoms. The molecule has 0 fully saturated rings. The summed E-state index contributed by atoms with van der Waals surface area (Å²) < 4.78 is 26.8. The molecular weight excluding hydrogens is 291 g/mol. The third-order valence-electron chi connectivity index (χ3n) is 2.87. The van der Waals surface area contributed by atoms with Gasteiger partial charge in [0, 0.05) is 21.7 Å². The van der Waals surface area contributed by atoms with Crippen LogP contribution in [0.2, 0.25) is 10.0 Å². The van der Waals surface area contributed by atoms with Gasteiger partial charge in [0.2, 0.25) is 0 Å². The van der Waals surface area contributed by atoms with Gasteiger partial charge in [0.25, 0.3) is 0 Å². The van der Waals surface area contributed by atoms with Gasteiger partial charge in [-0.3, -0.25) is 0 Å². The van der Waals surface area contributed by atoms with Crippen molar-refractivity contribution in [1.29, 1.82) is 0 Å². The maximum absolute atomic E-state index is 13.6. The third kappa shape index (κ3) is 3.06. The first-order valence-corrected chi connectivity index (χ1v) is 6.38. The van der Waals surface area contributed by atoms with Crippen molar-refractivity contribution in [3.63, 3.8) is 0 Å². The highest BCUT2D eigenvalue weighted by Gasteiger charge is 2.17. The molecule has 1 unspecified atom stereocenters. The molecule has 0 saturated heterocycles. The summed E-state index contributed by atoms with van der Waals surface area (Å²) in [6.45, 7) is 0. The molecule has 2 aromatic rings. The van der Waals surface area contributed by atoms with Crippen LogP contribution < -0.4 is 5.73 Å². The fraction of sp³-hybridized carbons (Fsp3) is 0.143. The fourth-order valence-electron chi connectivity index (χ4n) is 1.86. The first kappa shape index (κ1) is 14.3. The summed E-state index contributed by atoms with van der Waals surface area (Å²) in [6.07, 6.45) is 0.235. The molecule has 0 saturated carbocycles. The molecular formula is C14H11Cl2F2N. The Labute approximate surface area is 119 Å². The van der Waals surface area contributed by atoms with Gasteiger partial charge in [-0.15, -0.1) is 0 Å². The highest BCUT2D eigenvalue weighted by atomic mass is 35.5. The van der Waals surface area contributed by atoms with E-state index in [0.29, 0.717) is 15.6 Å². The van der Waals surface area contributed by atoms with Crippen LogP contribution in [0.4, 0.5) is 8.78 Å². The normalized spacial score (nSPS) is 12.5. The van der Waals surface area contributed by atoms with Crippen molar-refractivity contribution in [2.75, 3.05) is 0 Å². The second-order valence-electron chi connectivity index (χ2n) is 4.15. The van der Waals surface area contributed by atoms with Gasteiger partial charge in [-0.05, 0) is 30.2 Å². The van der Waals surface area contributed by atoms with E-state index in [1.165, 1.54) is 12.1 Å². The highest BCUT2D eigenvalue weighted by Crippen LogP contribution is 2.29. The van der Waals surface area contributed by atoms with Gasteiger partial charge in [0.1, 0.15) is 0 Å². The van der Waals surface area contributed by atoms with E-state index in [2.05, 4.69) is 0 Å². The van der Waals surface area contributed by atoms with Crippen LogP contribution >= 0.6 is 23.2 Å². The SMILES string of the molecule is NC(Cc1c(Cl)cccc1Cl)c1cccc(F)c1F. The minimum atomic E-state index is -0.932. The maximum Gasteiger partial charge on any atom is 0.163 e. The lowest BCUT2D eigenvalue weighted by Crippen LogP contribution is -2.16. The van der Waals surface area contributed by atoms with Crippen LogP contribution in [-0.2, 0) is 6.42 Å². The molecule has 100 valence electrons. The quantitative estimate of drug-likeness (QED) is 0.886. The van der Waals surface area contributed by atoms with Crippen molar-refractivity contribution >= 4 is 23.2 Å². The monoisotopic (exact) mass is 301 g/mol. The van der Waals surface area contributed by atoms with Crippen molar-refractivity contribution in [2.24, 2.45) is 5.73 Å². The van der Waals surface area contributed by atoms with Gasteiger partial charge in [0.15, 0.2) is 11.6 Å². The van der Waals surface area contributed by atoms with Gasteiger partial charge in [-0.25, -0.2) is 8.78 Å². The van der Waals surface area contributed by atoms with Crippen molar-refractivity contribution in [3.05, 3.63) is 69.2 Å². The predicted octanol–water partition coefficient (Wildman–Crippen LogP) is 4.51. The Bertz CT molecular complexity index is 582. The Balaban J connectivity index is 2.31. The smallest absolute Gasteiger partial charge is 0.163 e. The van der Waals surface area contributed by atoms with Crippen LogP contribution in [0.15, 0.2) is 36.4 Å². The Hall–Kier alpha value is -1.16. The lowest BCUT2D eigenvalue weighted by atomic mass is 9.99. The van der Waals surface area contributed by atoms with Crippen LogP contribution in [0.5, 0.6) is 0 Å². The van der Waals surface area contributed by atoms with Gasteiger partial charge < -0.3 is 5.73 Å². The van der Waals surface area contributed by atoms with E-state index in [0.717, 1.165) is 6.07 Å². The molecule has 0 bridgehead atoms. The van der Waals surface area contributed by atoms with Crippen LogP contribution in [0, 0.1) is 11.6 Å². The van der Waals surface area contributed by atoms with E-state index in [-0.39, 0.29) is 12.0 Å². The zero-order valence-electron chi connectivity index (χ0n) is 9.84. The lowest BCUT2D eigenvalue weighted by molar-refractivity contribution is 0.488. The Kier molecular flexibility index (Phi) is 4.40. The molecule has 2 aromatic carbocycles. The van der Waals surface area contributed by atoms with E-state index in [9.17, 15) is 8.78 Å². The van der Waals surface area contributed by atoms with E-state index in [1.807, 2.05) is 0 Å². The molecule has 0 aliphatic carbocycles. The summed E-state index contributed by atoms with van der Waals surface area (Å²) in [6, 6.07) is 8.27. The van der Waals surface area contributed by atoms with Crippen LogP contribution in [-0.4, -0.2) is 0 Å². The molecule has 0 amide bonds. The summed E-state index contributed by atoms with van der Waals surface area (Å²) in [7, 11) is 0. The van der Waals surface area contributed by atoms with Crippen molar-refractivity contribution in [2.45, 2.75) is 12.5 Å². The Morgan fingerprint density at radius 1 is 1.00 bits per heavy atom. The van der Waals surface area contributed by atoms with Crippen LogP contribution in [0.1, 0.15) is 17.2 Å². The number of rotatable bonds is 3. The van der Waals surface area contributed by atoms with Gasteiger partial charge in [-0.2, -0.15) is 0 Å². The summed E-state index contributed by atoms with van der Waals surface area (Å²) in [5, 5.41) is 0.916. The second kappa shape index (κ2) is 5.87. The molecule has 5 heteroatoms.